The summed E-state index contributed by atoms with van der Waals surface area (Å²) in [6, 6.07) is 69.4. The molecule has 3 aromatic heterocycles. The Bertz CT molecular complexity index is 2910. The Balaban J connectivity index is 1.03. The molecular formula is C51H33N3O. The van der Waals surface area contributed by atoms with Gasteiger partial charge in [0.15, 0.2) is 5.82 Å². The van der Waals surface area contributed by atoms with Gasteiger partial charge >= 0.3 is 0 Å². The van der Waals surface area contributed by atoms with Gasteiger partial charge in [-0.05, 0) is 69.8 Å². The molecule has 0 radical (unpaired) electrons. The molecule has 0 saturated heterocycles. The maximum atomic E-state index is 6.30. The third kappa shape index (κ3) is 6.26. The topological polar surface area (TPSA) is 51.8 Å². The van der Waals surface area contributed by atoms with Crippen molar-refractivity contribution >= 4 is 22.1 Å². The number of fused-ring (bicyclic) bond motifs is 3. The number of pyridine rings is 1. The monoisotopic (exact) mass is 703 g/mol. The van der Waals surface area contributed by atoms with Gasteiger partial charge in [0, 0.05) is 27.6 Å². The zero-order valence-corrected chi connectivity index (χ0v) is 29.8. The van der Waals surface area contributed by atoms with Gasteiger partial charge in [-0.2, -0.15) is 4.98 Å². The van der Waals surface area contributed by atoms with Crippen molar-refractivity contribution in [3.05, 3.63) is 200 Å². The highest BCUT2D eigenvalue weighted by atomic mass is 16.3. The number of rotatable bonds is 7. The summed E-state index contributed by atoms with van der Waals surface area (Å²) in [6.07, 6.45) is 0. The molecule has 4 nitrogen and oxygen atoms in total. The quantitative estimate of drug-likeness (QED) is 0.166. The first-order valence-electron chi connectivity index (χ1n) is 18.4. The van der Waals surface area contributed by atoms with E-state index >= 15 is 0 Å². The third-order valence-electron chi connectivity index (χ3n) is 10.1. The predicted octanol–water partition coefficient (Wildman–Crippen LogP) is 13.4. The van der Waals surface area contributed by atoms with Crippen LogP contribution in [0.3, 0.4) is 0 Å². The molecule has 0 spiro atoms. The average molecular weight is 704 g/mol. The average Bonchev–Trinajstić information content (AvgIpc) is 3.66. The van der Waals surface area contributed by atoms with Crippen LogP contribution in [0.5, 0.6) is 0 Å². The summed E-state index contributed by atoms with van der Waals surface area (Å²) >= 11 is 0. The van der Waals surface area contributed by atoms with Gasteiger partial charge in [-0.15, -0.1) is 0 Å². The molecular weight excluding hydrogens is 671 g/mol. The lowest BCUT2D eigenvalue weighted by Gasteiger charge is -2.12. The van der Waals surface area contributed by atoms with Crippen LogP contribution in [0, 0.1) is 0 Å². The first kappa shape index (κ1) is 32.2. The Kier molecular flexibility index (Phi) is 8.12. The van der Waals surface area contributed by atoms with Crippen LogP contribution in [0.15, 0.2) is 205 Å². The van der Waals surface area contributed by atoms with Crippen molar-refractivity contribution in [3.8, 4) is 78.5 Å². The molecule has 0 aliphatic rings. The minimum absolute atomic E-state index is 0.581. The standard InChI is InChI=1S/C51H33N3O/c1-4-15-34(16-5-1)43-32-45(35-17-6-2-7-18-35)52-46(33-43)41-25-13-23-39(30-41)37-21-12-22-38(29-37)40-24-14-26-42(31-40)50-53-49(36-19-8-3-9-20-36)48-44-27-10-11-28-47(44)55-51(48)54-50/h1-33H. The second-order valence-electron chi connectivity index (χ2n) is 13.6. The largest absolute Gasteiger partial charge is 0.438 e. The number of furan rings is 1. The Morgan fingerprint density at radius 3 is 1.44 bits per heavy atom. The van der Waals surface area contributed by atoms with Crippen LogP contribution >= 0.6 is 0 Å². The van der Waals surface area contributed by atoms with E-state index in [4.69, 9.17) is 19.4 Å². The van der Waals surface area contributed by atoms with Crippen LogP contribution in [-0.4, -0.2) is 15.0 Å². The molecule has 0 N–H and O–H groups in total. The first-order valence-corrected chi connectivity index (χ1v) is 18.4. The Hall–Kier alpha value is -7.43. The summed E-state index contributed by atoms with van der Waals surface area (Å²) in [5.74, 6) is 0.622. The molecule has 55 heavy (non-hydrogen) atoms. The second-order valence-corrected chi connectivity index (χ2v) is 13.6. The van der Waals surface area contributed by atoms with Crippen molar-refractivity contribution in [3.63, 3.8) is 0 Å². The number of hydrogen-bond donors (Lipinski definition) is 0. The highest BCUT2D eigenvalue weighted by Gasteiger charge is 2.18. The van der Waals surface area contributed by atoms with Gasteiger partial charge in [0.1, 0.15) is 5.58 Å². The number of para-hydroxylation sites is 1. The molecule has 0 aliphatic carbocycles. The van der Waals surface area contributed by atoms with Crippen molar-refractivity contribution in [2.45, 2.75) is 0 Å². The lowest BCUT2D eigenvalue weighted by Crippen LogP contribution is -1.94. The molecule has 3 heterocycles. The van der Waals surface area contributed by atoms with Crippen LogP contribution in [0.4, 0.5) is 0 Å². The maximum Gasteiger partial charge on any atom is 0.231 e. The highest BCUT2D eigenvalue weighted by Crippen LogP contribution is 2.38. The van der Waals surface area contributed by atoms with Crippen molar-refractivity contribution in [1.29, 1.82) is 0 Å². The summed E-state index contributed by atoms with van der Waals surface area (Å²) < 4.78 is 6.30. The van der Waals surface area contributed by atoms with Gasteiger partial charge in [-0.3, -0.25) is 0 Å². The van der Waals surface area contributed by atoms with Crippen LogP contribution in [0.1, 0.15) is 0 Å². The summed E-state index contributed by atoms with van der Waals surface area (Å²) in [5, 5.41) is 1.93. The molecule has 0 unspecified atom stereocenters. The van der Waals surface area contributed by atoms with Gasteiger partial charge < -0.3 is 4.42 Å². The summed E-state index contributed by atoms with van der Waals surface area (Å²) in [7, 11) is 0. The van der Waals surface area contributed by atoms with E-state index in [9.17, 15) is 0 Å². The Labute approximate surface area is 319 Å². The van der Waals surface area contributed by atoms with E-state index in [0.29, 0.717) is 11.5 Å². The highest BCUT2D eigenvalue weighted by molar-refractivity contribution is 6.10. The second kappa shape index (κ2) is 13.8. The Morgan fingerprint density at radius 1 is 0.309 bits per heavy atom. The molecule has 0 atom stereocenters. The van der Waals surface area contributed by atoms with Crippen molar-refractivity contribution < 1.29 is 4.42 Å². The van der Waals surface area contributed by atoms with E-state index < -0.39 is 0 Å². The van der Waals surface area contributed by atoms with Gasteiger partial charge in [0.05, 0.1) is 22.5 Å². The van der Waals surface area contributed by atoms with Crippen LogP contribution in [0.2, 0.25) is 0 Å². The molecule has 0 amide bonds. The first-order chi connectivity index (χ1) is 27.2. The van der Waals surface area contributed by atoms with Gasteiger partial charge in [-0.1, -0.05) is 164 Å². The van der Waals surface area contributed by atoms with Crippen molar-refractivity contribution in [2.24, 2.45) is 0 Å². The number of benzene rings is 7. The van der Waals surface area contributed by atoms with Crippen LogP contribution in [0.25, 0.3) is 101 Å². The SMILES string of the molecule is c1ccc(-c2cc(-c3ccccc3)nc(-c3cccc(-c4cccc(-c5cccc(-c6nc(-c7ccccc7)c7c(n6)oc6ccccc67)c5)c4)c3)c2)cc1. The minimum Gasteiger partial charge on any atom is -0.438 e. The molecule has 0 saturated carbocycles. The summed E-state index contributed by atoms with van der Waals surface area (Å²) in [4.78, 5) is 15.3. The third-order valence-corrected chi connectivity index (χ3v) is 10.1. The zero-order chi connectivity index (χ0) is 36.6. The minimum atomic E-state index is 0.581. The van der Waals surface area contributed by atoms with Crippen LogP contribution < -0.4 is 0 Å². The molecule has 0 aliphatic heterocycles. The van der Waals surface area contributed by atoms with E-state index in [1.807, 2.05) is 48.5 Å². The lowest BCUT2D eigenvalue weighted by atomic mass is 9.95. The molecule has 10 aromatic rings. The van der Waals surface area contributed by atoms with Gasteiger partial charge in [-0.25, -0.2) is 9.97 Å². The fourth-order valence-corrected chi connectivity index (χ4v) is 7.36. The normalized spacial score (nSPS) is 11.3. The number of nitrogens with zero attached hydrogens (tertiary/aromatic N) is 3. The smallest absolute Gasteiger partial charge is 0.231 e. The van der Waals surface area contributed by atoms with Gasteiger partial charge in [0.2, 0.25) is 5.71 Å². The molecule has 0 fully saturated rings. The fourth-order valence-electron chi connectivity index (χ4n) is 7.36. The molecule has 7 aromatic carbocycles. The van der Waals surface area contributed by atoms with Crippen LogP contribution in [-0.2, 0) is 0 Å². The fraction of sp³-hybridized carbons (Fsp3) is 0. The summed E-state index contributed by atoms with van der Waals surface area (Å²) in [6.45, 7) is 0. The Morgan fingerprint density at radius 2 is 0.782 bits per heavy atom. The lowest BCUT2D eigenvalue weighted by molar-refractivity contribution is 0.653. The molecule has 258 valence electrons. The van der Waals surface area contributed by atoms with Crippen molar-refractivity contribution in [2.75, 3.05) is 0 Å². The van der Waals surface area contributed by atoms with Crippen molar-refractivity contribution in [1.82, 2.24) is 15.0 Å². The maximum absolute atomic E-state index is 6.30. The molecule has 4 heteroatoms. The van der Waals surface area contributed by atoms with E-state index in [1.54, 1.807) is 0 Å². The predicted molar refractivity (Wildman–Crippen MR) is 225 cm³/mol. The van der Waals surface area contributed by atoms with E-state index in [-0.39, 0.29) is 0 Å². The molecule has 10 rings (SSSR count). The zero-order valence-electron chi connectivity index (χ0n) is 29.8. The van der Waals surface area contributed by atoms with E-state index in [2.05, 4.69) is 152 Å². The summed E-state index contributed by atoms with van der Waals surface area (Å²) in [5.41, 5.74) is 14.9. The van der Waals surface area contributed by atoms with E-state index in [1.165, 1.54) is 0 Å². The number of hydrogen-bond acceptors (Lipinski definition) is 4. The molecule has 0 bridgehead atoms. The number of aromatic nitrogens is 3. The van der Waals surface area contributed by atoms with Gasteiger partial charge in [0.25, 0.3) is 0 Å². The van der Waals surface area contributed by atoms with E-state index in [0.717, 1.165) is 89.1 Å².